The molecule has 2 aromatic rings. The van der Waals surface area contributed by atoms with Crippen LogP contribution in [0.3, 0.4) is 0 Å². The fourth-order valence-corrected chi connectivity index (χ4v) is 4.82. The molecule has 1 aromatic heterocycles. The van der Waals surface area contributed by atoms with Crippen molar-refractivity contribution in [1.82, 2.24) is 4.98 Å². The molecule has 1 aliphatic carbocycles. The van der Waals surface area contributed by atoms with E-state index in [0.29, 0.717) is 11.0 Å². The molecule has 1 aliphatic rings. The number of hydrogen-bond donors (Lipinski definition) is 3. The van der Waals surface area contributed by atoms with E-state index in [0.717, 1.165) is 38.3 Å². The van der Waals surface area contributed by atoms with Gasteiger partial charge in [0.25, 0.3) is 0 Å². The number of benzene rings is 1. The van der Waals surface area contributed by atoms with Crippen LogP contribution in [0.1, 0.15) is 95.8 Å². The quantitative estimate of drug-likeness (QED) is 0.251. The fraction of sp³-hybridized carbons (Fsp3) is 0.552. The highest BCUT2D eigenvalue weighted by molar-refractivity contribution is 6.15. The zero-order chi connectivity index (χ0) is 27.4. The van der Waals surface area contributed by atoms with Gasteiger partial charge in [0.05, 0.1) is 11.6 Å². The average Bonchev–Trinajstić information content (AvgIpc) is 3.62. The van der Waals surface area contributed by atoms with Crippen molar-refractivity contribution in [1.29, 1.82) is 5.41 Å². The maximum Gasteiger partial charge on any atom is 0.395 e. The molecule has 0 bridgehead atoms. The Morgan fingerprint density at radius 3 is 2.35 bits per heavy atom. The minimum atomic E-state index is -4.57. The molecule has 1 aromatic carbocycles. The highest BCUT2D eigenvalue weighted by Gasteiger charge is 2.42. The van der Waals surface area contributed by atoms with Gasteiger partial charge >= 0.3 is 6.18 Å². The largest absolute Gasteiger partial charge is 0.395 e. The lowest BCUT2D eigenvalue weighted by atomic mass is 9.89. The summed E-state index contributed by atoms with van der Waals surface area (Å²) in [6.07, 6.45) is 3.38. The smallest absolute Gasteiger partial charge is 0.382 e. The Morgan fingerprint density at radius 2 is 1.78 bits per heavy atom. The molecule has 5 nitrogen and oxygen atoms in total. The Kier molecular flexibility index (Phi) is 9.03. The number of alkyl halides is 3. The molecule has 1 amide bonds. The molecular formula is C29H39F3N4O. The molecule has 3 N–H and O–H groups in total. The predicted molar refractivity (Wildman–Crippen MR) is 143 cm³/mol. The van der Waals surface area contributed by atoms with E-state index >= 15 is 0 Å². The molecule has 0 spiro atoms. The summed E-state index contributed by atoms with van der Waals surface area (Å²) < 4.78 is 41.9. The number of rotatable bonds is 12. The van der Waals surface area contributed by atoms with Gasteiger partial charge in [0.1, 0.15) is 5.82 Å². The number of pyridine rings is 1. The van der Waals surface area contributed by atoms with Crippen molar-refractivity contribution in [2.24, 2.45) is 11.3 Å². The minimum absolute atomic E-state index is 0.0384. The third-order valence-corrected chi connectivity index (χ3v) is 7.53. The Labute approximate surface area is 218 Å². The number of halogens is 3. The zero-order valence-electron chi connectivity index (χ0n) is 22.4. The maximum absolute atomic E-state index is 14.0. The molecule has 0 radical (unpaired) electrons. The molecule has 0 saturated heterocycles. The van der Waals surface area contributed by atoms with Crippen LogP contribution in [0, 0.1) is 16.7 Å². The predicted octanol–water partition coefficient (Wildman–Crippen LogP) is 7.92. The molecule has 8 heteroatoms. The van der Waals surface area contributed by atoms with Crippen molar-refractivity contribution in [3.05, 3.63) is 53.2 Å². The van der Waals surface area contributed by atoms with Gasteiger partial charge < -0.3 is 10.6 Å². The van der Waals surface area contributed by atoms with E-state index in [9.17, 15) is 18.0 Å². The first-order chi connectivity index (χ1) is 17.4. The van der Waals surface area contributed by atoms with Crippen molar-refractivity contribution >= 4 is 23.1 Å². The number of carbonyl (C=O) groups is 1. The van der Waals surface area contributed by atoms with Gasteiger partial charge in [-0.05, 0) is 50.2 Å². The number of amides is 1. The first kappa shape index (κ1) is 28.7. The maximum atomic E-state index is 14.0. The van der Waals surface area contributed by atoms with Crippen LogP contribution in [0.15, 0.2) is 36.5 Å². The lowest BCUT2D eigenvalue weighted by Crippen LogP contribution is -2.27. The molecule has 2 unspecified atom stereocenters. The SMILES string of the molecule is CCCC(CC1(CC)CC1)Nc1ccccc1C(=N)c1ccnc(NC(=O)C(C)C)c1C(C)C(F)(F)F. The summed E-state index contributed by atoms with van der Waals surface area (Å²) >= 11 is 0. The van der Waals surface area contributed by atoms with Gasteiger partial charge in [-0.2, -0.15) is 13.2 Å². The third kappa shape index (κ3) is 6.90. The van der Waals surface area contributed by atoms with E-state index in [1.807, 2.05) is 12.1 Å². The van der Waals surface area contributed by atoms with Gasteiger partial charge in [-0.1, -0.05) is 58.7 Å². The molecular weight excluding hydrogens is 477 g/mol. The van der Waals surface area contributed by atoms with Crippen molar-refractivity contribution in [2.75, 3.05) is 10.6 Å². The van der Waals surface area contributed by atoms with Crippen molar-refractivity contribution in [3.8, 4) is 0 Å². The number of aromatic nitrogens is 1. The number of nitrogens with zero attached hydrogens (tertiary/aromatic N) is 1. The lowest BCUT2D eigenvalue weighted by Gasteiger charge is -2.26. The highest BCUT2D eigenvalue weighted by atomic mass is 19.4. The summed E-state index contributed by atoms with van der Waals surface area (Å²) in [5.74, 6) is -2.94. The first-order valence-electron chi connectivity index (χ1n) is 13.2. The number of hydrogen-bond acceptors (Lipinski definition) is 4. The third-order valence-electron chi connectivity index (χ3n) is 7.53. The van der Waals surface area contributed by atoms with E-state index in [4.69, 9.17) is 5.41 Å². The van der Waals surface area contributed by atoms with Crippen LogP contribution in [-0.2, 0) is 4.79 Å². The van der Waals surface area contributed by atoms with E-state index in [2.05, 4.69) is 29.5 Å². The number of anilines is 2. The van der Waals surface area contributed by atoms with Crippen LogP contribution < -0.4 is 10.6 Å². The van der Waals surface area contributed by atoms with Crippen LogP contribution in [-0.4, -0.2) is 28.8 Å². The summed E-state index contributed by atoms with van der Waals surface area (Å²) in [5, 5.41) is 15.2. The Morgan fingerprint density at radius 1 is 1.11 bits per heavy atom. The second-order valence-corrected chi connectivity index (χ2v) is 10.6. The van der Waals surface area contributed by atoms with Gasteiger partial charge in [-0.15, -0.1) is 0 Å². The molecule has 1 fully saturated rings. The van der Waals surface area contributed by atoms with Crippen LogP contribution in [0.5, 0.6) is 0 Å². The van der Waals surface area contributed by atoms with Gasteiger partial charge in [-0.25, -0.2) is 4.98 Å². The van der Waals surface area contributed by atoms with Gasteiger partial charge in [0.15, 0.2) is 0 Å². The topological polar surface area (TPSA) is 77.9 Å². The van der Waals surface area contributed by atoms with Crippen LogP contribution in [0.25, 0.3) is 0 Å². The van der Waals surface area contributed by atoms with Crippen molar-refractivity contribution in [3.63, 3.8) is 0 Å². The van der Waals surface area contributed by atoms with Gasteiger partial charge in [-0.3, -0.25) is 10.2 Å². The summed E-state index contributed by atoms with van der Waals surface area (Å²) in [6, 6.07) is 8.95. The molecule has 2 atom stereocenters. The molecule has 0 aliphatic heterocycles. The van der Waals surface area contributed by atoms with Crippen LogP contribution in [0.2, 0.25) is 0 Å². The molecule has 202 valence electrons. The summed E-state index contributed by atoms with van der Waals surface area (Å²) in [5.41, 5.74) is 1.49. The fourth-order valence-electron chi connectivity index (χ4n) is 4.82. The summed E-state index contributed by atoms with van der Waals surface area (Å²) in [4.78, 5) is 16.5. The molecule has 3 rings (SSSR count). The van der Waals surface area contributed by atoms with Crippen LogP contribution >= 0.6 is 0 Å². The lowest BCUT2D eigenvalue weighted by molar-refractivity contribution is -0.146. The normalized spacial score (nSPS) is 16.2. The molecule has 1 saturated carbocycles. The van der Waals surface area contributed by atoms with E-state index in [1.165, 1.54) is 25.1 Å². The van der Waals surface area contributed by atoms with Crippen LogP contribution in [0.4, 0.5) is 24.7 Å². The zero-order valence-corrected chi connectivity index (χ0v) is 22.4. The van der Waals surface area contributed by atoms with Crippen molar-refractivity contribution in [2.45, 2.75) is 91.3 Å². The van der Waals surface area contributed by atoms with Gasteiger partial charge in [0.2, 0.25) is 5.91 Å². The van der Waals surface area contributed by atoms with E-state index < -0.39 is 23.9 Å². The van der Waals surface area contributed by atoms with E-state index in [-0.39, 0.29) is 28.7 Å². The summed E-state index contributed by atoms with van der Waals surface area (Å²) in [7, 11) is 0. The Balaban J connectivity index is 2.03. The average molecular weight is 517 g/mol. The standard InChI is InChI=1S/C29H39F3N4O/c1-6-10-20(17-28(7-2)14-15-28)35-23-12-9-8-11-21(23)25(33)22-13-16-34-26(36-27(37)18(3)4)24(22)19(5)29(30,31)32/h8-9,11-13,16,18-20,33,35H,6-7,10,14-15,17H2,1-5H3,(H,34,36,37). The first-order valence-corrected chi connectivity index (χ1v) is 13.2. The number of nitrogens with one attached hydrogen (secondary N) is 3. The second kappa shape index (κ2) is 11.7. The summed E-state index contributed by atoms with van der Waals surface area (Å²) in [6.45, 7) is 8.73. The van der Waals surface area contributed by atoms with Gasteiger partial charge in [0, 0.05) is 40.5 Å². The van der Waals surface area contributed by atoms with E-state index in [1.54, 1.807) is 26.0 Å². The molecule has 1 heterocycles. The Hall–Kier alpha value is -2.90. The second-order valence-electron chi connectivity index (χ2n) is 10.6. The Bertz CT molecular complexity index is 1110. The highest BCUT2D eigenvalue weighted by Crippen LogP contribution is 2.53. The van der Waals surface area contributed by atoms with Crippen molar-refractivity contribution < 1.29 is 18.0 Å². The minimum Gasteiger partial charge on any atom is -0.382 e. The molecule has 37 heavy (non-hydrogen) atoms. The number of para-hydroxylation sites is 1. The number of carbonyl (C=O) groups excluding carboxylic acids is 1. The monoisotopic (exact) mass is 516 g/mol.